The van der Waals surface area contributed by atoms with E-state index in [0.717, 1.165) is 22.4 Å². The number of anilines is 1. The van der Waals surface area contributed by atoms with Crippen LogP contribution in [-0.2, 0) is 4.79 Å². The lowest BCUT2D eigenvalue weighted by Gasteiger charge is -2.17. The van der Waals surface area contributed by atoms with Gasteiger partial charge in [-0.2, -0.15) is 0 Å². The Balaban J connectivity index is 1.86. The molecule has 0 aliphatic carbocycles. The smallest absolute Gasteiger partial charge is 0.224 e. The fourth-order valence-electron chi connectivity index (χ4n) is 2.58. The largest absolute Gasteiger partial charge is 0.325 e. The van der Waals surface area contributed by atoms with Gasteiger partial charge in [-0.15, -0.1) is 0 Å². The topological polar surface area (TPSA) is 46.9 Å². The van der Waals surface area contributed by atoms with Crippen molar-refractivity contribution in [2.45, 2.75) is 27.2 Å². The molecule has 0 atom stereocenters. The van der Waals surface area contributed by atoms with E-state index in [1.54, 1.807) is 6.20 Å². The number of nitrogens with zero attached hydrogens (tertiary/aromatic N) is 2. The molecule has 1 aromatic carbocycles. The van der Waals surface area contributed by atoms with E-state index in [-0.39, 0.29) is 11.3 Å². The zero-order valence-corrected chi connectivity index (χ0v) is 13.7. The van der Waals surface area contributed by atoms with Crippen molar-refractivity contribution in [1.29, 1.82) is 0 Å². The first-order valence-electron chi connectivity index (χ1n) is 7.75. The van der Waals surface area contributed by atoms with E-state index in [9.17, 15) is 4.79 Å². The number of para-hydroxylation sites is 1. The Kier molecular flexibility index (Phi) is 3.90. The molecule has 2 heterocycles. The van der Waals surface area contributed by atoms with E-state index < -0.39 is 0 Å². The van der Waals surface area contributed by atoms with Crippen molar-refractivity contribution in [2.75, 3.05) is 5.32 Å². The highest BCUT2D eigenvalue weighted by atomic mass is 16.1. The second-order valence-corrected chi connectivity index (χ2v) is 6.94. The van der Waals surface area contributed by atoms with Crippen LogP contribution in [-0.4, -0.2) is 15.5 Å². The molecule has 2 aromatic heterocycles. The number of hydrogen-bond acceptors (Lipinski definition) is 2. The number of pyridine rings is 1. The van der Waals surface area contributed by atoms with Crippen molar-refractivity contribution in [3.05, 3.63) is 54.9 Å². The van der Waals surface area contributed by atoms with Crippen LogP contribution in [0, 0.1) is 5.41 Å². The van der Waals surface area contributed by atoms with Crippen LogP contribution in [0.3, 0.4) is 0 Å². The second-order valence-electron chi connectivity index (χ2n) is 6.94. The number of aromatic nitrogens is 2. The first-order valence-corrected chi connectivity index (χ1v) is 7.75. The van der Waals surface area contributed by atoms with Crippen molar-refractivity contribution in [2.24, 2.45) is 5.41 Å². The van der Waals surface area contributed by atoms with E-state index in [4.69, 9.17) is 0 Å². The summed E-state index contributed by atoms with van der Waals surface area (Å²) in [7, 11) is 0. The highest BCUT2D eigenvalue weighted by Crippen LogP contribution is 2.23. The van der Waals surface area contributed by atoms with Gasteiger partial charge in [0.25, 0.3) is 0 Å². The number of benzene rings is 1. The lowest BCUT2D eigenvalue weighted by molar-refractivity contribution is -0.117. The summed E-state index contributed by atoms with van der Waals surface area (Å²) in [5.41, 5.74) is 2.65. The van der Waals surface area contributed by atoms with Crippen LogP contribution in [0.1, 0.15) is 27.2 Å². The summed E-state index contributed by atoms with van der Waals surface area (Å²) in [6.07, 6.45) is 4.19. The summed E-state index contributed by atoms with van der Waals surface area (Å²) in [6.45, 7) is 6.15. The first kappa shape index (κ1) is 15.3. The van der Waals surface area contributed by atoms with Crippen molar-refractivity contribution < 1.29 is 4.79 Å². The summed E-state index contributed by atoms with van der Waals surface area (Å²) < 4.78 is 2.04. The molecule has 0 saturated carbocycles. The van der Waals surface area contributed by atoms with Crippen LogP contribution in [0.5, 0.6) is 0 Å². The van der Waals surface area contributed by atoms with Crippen LogP contribution >= 0.6 is 0 Å². The van der Waals surface area contributed by atoms with E-state index in [1.165, 1.54) is 0 Å². The number of fused-ring (bicyclic) bond motifs is 1. The fraction of sp³-hybridized carbons (Fsp3) is 0.263. The van der Waals surface area contributed by atoms with Crippen LogP contribution in [0.2, 0.25) is 0 Å². The molecule has 1 N–H and O–H groups in total. The van der Waals surface area contributed by atoms with Crippen LogP contribution < -0.4 is 5.32 Å². The van der Waals surface area contributed by atoms with E-state index in [1.807, 2.05) is 74.0 Å². The SMILES string of the molecule is CC(C)(C)CC(=O)Nc1cnc2c(ccn2-c2ccccc2)c1. The molecule has 3 rings (SSSR count). The van der Waals surface area contributed by atoms with E-state index in [0.29, 0.717) is 6.42 Å². The Bertz CT molecular complexity index is 829. The monoisotopic (exact) mass is 307 g/mol. The van der Waals surface area contributed by atoms with Gasteiger partial charge in [0.1, 0.15) is 5.65 Å². The van der Waals surface area contributed by atoms with Crippen molar-refractivity contribution in [1.82, 2.24) is 9.55 Å². The molecule has 0 aliphatic heterocycles. The summed E-state index contributed by atoms with van der Waals surface area (Å²) in [4.78, 5) is 16.6. The maximum absolute atomic E-state index is 12.0. The molecule has 0 spiro atoms. The Morgan fingerprint density at radius 3 is 2.61 bits per heavy atom. The summed E-state index contributed by atoms with van der Waals surface area (Å²) in [5, 5.41) is 3.93. The highest BCUT2D eigenvalue weighted by Gasteiger charge is 2.16. The molecule has 4 nitrogen and oxygen atoms in total. The summed E-state index contributed by atoms with van der Waals surface area (Å²) in [5.74, 6) is 0.0149. The molecular formula is C19H21N3O. The van der Waals surface area contributed by atoms with Crippen LogP contribution in [0.25, 0.3) is 16.7 Å². The molecule has 0 aliphatic rings. The summed E-state index contributed by atoms with van der Waals surface area (Å²) in [6, 6.07) is 14.0. The van der Waals surface area contributed by atoms with Gasteiger partial charge in [-0.3, -0.25) is 4.79 Å². The Labute approximate surface area is 136 Å². The van der Waals surface area contributed by atoms with E-state index >= 15 is 0 Å². The van der Waals surface area contributed by atoms with Crippen molar-refractivity contribution in [3.8, 4) is 5.69 Å². The van der Waals surface area contributed by atoms with E-state index in [2.05, 4.69) is 10.3 Å². The quantitative estimate of drug-likeness (QED) is 0.779. The summed E-state index contributed by atoms with van der Waals surface area (Å²) >= 11 is 0. The molecular weight excluding hydrogens is 286 g/mol. The standard InChI is InChI=1S/C19H21N3O/c1-19(2,3)12-17(23)21-15-11-14-9-10-22(18(14)20-13-15)16-7-5-4-6-8-16/h4-11,13H,12H2,1-3H3,(H,21,23). The van der Waals surface area contributed by atoms with Crippen LogP contribution in [0.15, 0.2) is 54.9 Å². The zero-order chi connectivity index (χ0) is 16.4. The third-order valence-electron chi connectivity index (χ3n) is 3.54. The van der Waals surface area contributed by atoms with Gasteiger partial charge in [-0.1, -0.05) is 39.0 Å². The van der Waals surface area contributed by atoms with Gasteiger partial charge in [0.2, 0.25) is 5.91 Å². The normalized spacial score (nSPS) is 11.6. The number of carbonyl (C=O) groups is 1. The maximum Gasteiger partial charge on any atom is 0.224 e. The van der Waals surface area contributed by atoms with Gasteiger partial charge in [0, 0.05) is 23.7 Å². The van der Waals surface area contributed by atoms with Crippen LogP contribution in [0.4, 0.5) is 5.69 Å². The highest BCUT2D eigenvalue weighted by molar-refractivity contribution is 5.93. The lowest BCUT2D eigenvalue weighted by Crippen LogP contribution is -2.19. The van der Waals surface area contributed by atoms with Gasteiger partial charge in [-0.25, -0.2) is 4.98 Å². The predicted molar refractivity (Wildman–Crippen MR) is 93.8 cm³/mol. The molecule has 23 heavy (non-hydrogen) atoms. The third-order valence-corrected chi connectivity index (χ3v) is 3.54. The molecule has 0 radical (unpaired) electrons. The molecule has 0 saturated heterocycles. The zero-order valence-electron chi connectivity index (χ0n) is 13.7. The minimum absolute atomic E-state index is 0.0149. The number of nitrogens with one attached hydrogen (secondary N) is 1. The molecule has 118 valence electrons. The van der Waals surface area contributed by atoms with Crippen molar-refractivity contribution >= 4 is 22.6 Å². The van der Waals surface area contributed by atoms with Crippen molar-refractivity contribution in [3.63, 3.8) is 0 Å². The Morgan fingerprint density at radius 1 is 1.17 bits per heavy atom. The maximum atomic E-state index is 12.0. The number of amides is 1. The average molecular weight is 307 g/mol. The second kappa shape index (κ2) is 5.88. The average Bonchev–Trinajstić information content (AvgIpc) is 2.89. The minimum Gasteiger partial charge on any atom is -0.325 e. The molecule has 0 bridgehead atoms. The van der Waals surface area contributed by atoms with Gasteiger partial charge in [-0.05, 0) is 29.7 Å². The molecule has 0 unspecified atom stereocenters. The molecule has 0 fully saturated rings. The number of rotatable bonds is 3. The van der Waals surface area contributed by atoms with Gasteiger partial charge in [0.05, 0.1) is 11.9 Å². The number of hydrogen-bond donors (Lipinski definition) is 1. The third kappa shape index (κ3) is 3.59. The first-order chi connectivity index (χ1) is 10.9. The molecule has 4 heteroatoms. The lowest BCUT2D eigenvalue weighted by atomic mass is 9.92. The van der Waals surface area contributed by atoms with Gasteiger partial charge >= 0.3 is 0 Å². The number of carbonyl (C=O) groups excluding carboxylic acids is 1. The molecule has 3 aromatic rings. The predicted octanol–water partition coefficient (Wildman–Crippen LogP) is 4.40. The van der Waals surface area contributed by atoms with Gasteiger partial charge < -0.3 is 9.88 Å². The van der Waals surface area contributed by atoms with Gasteiger partial charge in [0.15, 0.2) is 0 Å². The Morgan fingerprint density at radius 2 is 1.91 bits per heavy atom. The molecule has 1 amide bonds. The fourth-order valence-corrected chi connectivity index (χ4v) is 2.58. The Hall–Kier alpha value is -2.62. The minimum atomic E-state index is -0.0295.